The second-order valence-electron chi connectivity index (χ2n) is 3.19. The van der Waals surface area contributed by atoms with Crippen LogP contribution in [0.3, 0.4) is 0 Å². The highest BCUT2D eigenvalue weighted by molar-refractivity contribution is 9.10. The number of rotatable bonds is 3. The van der Waals surface area contributed by atoms with Gasteiger partial charge in [-0.05, 0) is 43.1 Å². The van der Waals surface area contributed by atoms with Crippen LogP contribution in [0.5, 0.6) is 0 Å². The first-order valence-electron chi connectivity index (χ1n) is 4.40. The Morgan fingerprint density at radius 1 is 1.57 bits per heavy atom. The van der Waals surface area contributed by atoms with Crippen molar-refractivity contribution in [2.45, 2.75) is 19.4 Å². The molecule has 0 saturated carbocycles. The number of aliphatic hydroxyl groups is 1. The first kappa shape index (κ1) is 11.6. The van der Waals surface area contributed by atoms with Gasteiger partial charge in [-0.15, -0.1) is 0 Å². The molecule has 2 nitrogen and oxygen atoms in total. The quantitative estimate of drug-likeness (QED) is 0.877. The van der Waals surface area contributed by atoms with Crippen molar-refractivity contribution < 1.29 is 9.50 Å². The van der Waals surface area contributed by atoms with Crippen LogP contribution < -0.4 is 5.73 Å². The maximum absolute atomic E-state index is 13.0. The van der Waals surface area contributed by atoms with Crippen molar-refractivity contribution in [1.29, 1.82) is 0 Å². The summed E-state index contributed by atoms with van der Waals surface area (Å²) in [5.41, 5.74) is 6.78. The summed E-state index contributed by atoms with van der Waals surface area (Å²) in [6.45, 7) is 2.22. The Kier molecular flexibility index (Phi) is 4.04. The van der Waals surface area contributed by atoms with Crippen LogP contribution in [0.25, 0.3) is 0 Å². The van der Waals surface area contributed by atoms with E-state index in [9.17, 15) is 9.50 Å². The minimum atomic E-state index is -0.688. The fourth-order valence-corrected chi connectivity index (χ4v) is 1.77. The summed E-state index contributed by atoms with van der Waals surface area (Å²) in [4.78, 5) is 0. The molecule has 0 amide bonds. The van der Waals surface area contributed by atoms with Crippen molar-refractivity contribution in [3.8, 4) is 0 Å². The molecule has 1 aromatic carbocycles. The summed E-state index contributed by atoms with van der Waals surface area (Å²) in [7, 11) is 0. The smallest absolute Gasteiger partial charge is 0.124 e. The number of benzene rings is 1. The maximum atomic E-state index is 13.0. The van der Waals surface area contributed by atoms with Crippen molar-refractivity contribution in [3.05, 3.63) is 33.5 Å². The van der Waals surface area contributed by atoms with E-state index in [1.54, 1.807) is 0 Å². The van der Waals surface area contributed by atoms with E-state index in [1.807, 2.05) is 6.92 Å². The molecule has 4 heteroatoms. The second-order valence-corrected chi connectivity index (χ2v) is 4.05. The molecule has 0 aliphatic carbocycles. The fourth-order valence-electron chi connectivity index (χ4n) is 1.33. The van der Waals surface area contributed by atoms with Gasteiger partial charge in [0.15, 0.2) is 0 Å². The van der Waals surface area contributed by atoms with Crippen LogP contribution in [0.2, 0.25) is 0 Å². The van der Waals surface area contributed by atoms with E-state index in [2.05, 4.69) is 15.9 Å². The van der Waals surface area contributed by atoms with Crippen molar-refractivity contribution in [2.75, 3.05) is 6.54 Å². The standard InChI is InChI=1S/C10H13BrFNO/c1-6-8(10(14)2-3-13)4-7(12)5-9(6)11/h4-5,10,14H,2-3,13H2,1H3. The molecule has 0 fully saturated rings. The molecule has 1 unspecified atom stereocenters. The molecular weight excluding hydrogens is 249 g/mol. The van der Waals surface area contributed by atoms with E-state index in [0.29, 0.717) is 23.0 Å². The van der Waals surface area contributed by atoms with Gasteiger partial charge < -0.3 is 10.8 Å². The maximum Gasteiger partial charge on any atom is 0.124 e. The normalized spacial score (nSPS) is 12.9. The highest BCUT2D eigenvalue weighted by Crippen LogP contribution is 2.27. The number of nitrogens with two attached hydrogens (primary N) is 1. The van der Waals surface area contributed by atoms with Crippen LogP contribution in [0.15, 0.2) is 16.6 Å². The molecule has 78 valence electrons. The third kappa shape index (κ3) is 2.53. The van der Waals surface area contributed by atoms with Crippen LogP contribution in [-0.4, -0.2) is 11.7 Å². The molecule has 1 rings (SSSR count). The monoisotopic (exact) mass is 261 g/mol. The van der Waals surface area contributed by atoms with Crippen LogP contribution in [-0.2, 0) is 0 Å². The highest BCUT2D eigenvalue weighted by atomic mass is 79.9. The van der Waals surface area contributed by atoms with E-state index in [0.717, 1.165) is 5.56 Å². The van der Waals surface area contributed by atoms with Crippen molar-refractivity contribution in [3.63, 3.8) is 0 Å². The Hall–Kier alpha value is -0.450. The van der Waals surface area contributed by atoms with E-state index in [4.69, 9.17) is 5.73 Å². The Balaban J connectivity index is 3.07. The SMILES string of the molecule is Cc1c(Br)cc(F)cc1C(O)CCN. The molecule has 0 saturated heterocycles. The molecule has 0 heterocycles. The van der Waals surface area contributed by atoms with Gasteiger partial charge in [-0.25, -0.2) is 4.39 Å². The van der Waals surface area contributed by atoms with Gasteiger partial charge in [-0.3, -0.25) is 0 Å². The van der Waals surface area contributed by atoms with Crippen molar-refractivity contribution in [1.82, 2.24) is 0 Å². The van der Waals surface area contributed by atoms with Crippen LogP contribution in [0, 0.1) is 12.7 Å². The average molecular weight is 262 g/mol. The second kappa shape index (κ2) is 4.87. The molecule has 0 bridgehead atoms. The minimum absolute atomic E-state index is 0.353. The molecular formula is C10H13BrFNO. The third-order valence-corrected chi connectivity index (χ3v) is 2.97. The summed E-state index contributed by atoms with van der Waals surface area (Å²) in [6, 6.07) is 2.73. The zero-order chi connectivity index (χ0) is 10.7. The Morgan fingerprint density at radius 2 is 2.21 bits per heavy atom. The Morgan fingerprint density at radius 3 is 2.79 bits per heavy atom. The van der Waals surface area contributed by atoms with Gasteiger partial charge in [0.05, 0.1) is 6.10 Å². The summed E-state index contributed by atoms with van der Waals surface area (Å²) in [5, 5.41) is 9.68. The predicted molar refractivity (Wildman–Crippen MR) is 57.5 cm³/mol. The van der Waals surface area contributed by atoms with Gasteiger partial charge in [0.2, 0.25) is 0 Å². The van der Waals surface area contributed by atoms with Crippen molar-refractivity contribution >= 4 is 15.9 Å². The average Bonchev–Trinajstić information content (AvgIpc) is 2.11. The Labute approximate surface area is 91.1 Å². The fraction of sp³-hybridized carbons (Fsp3) is 0.400. The number of halogens is 2. The molecule has 0 aliphatic rings. The van der Waals surface area contributed by atoms with Crippen molar-refractivity contribution in [2.24, 2.45) is 5.73 Å². The molecule has 1 aromatic rings. The Bertz CT molecular complexity index is 330. The van der Waals surface area contributed by atoms with E-state index < -0.39 is 6.10 Å². The van der Waals surface area contributed by atoms with E-state index in [1.165, 1.54) is 12.1 Å². The third-order valence-electron chi connectivity index (χ3n) is 2.15. The van der Waals surface area contributed by atoms with Gasteiger partial charge in [0, 0.05) is 4.47 Å². The van der Waals surface area contributed by atoms with Gasteiger partial charge >= 0.3 is 0 Å². The lowest BCUT2D eigenvalue weighted by atomic mass is 10.0. The lowest BCUT2D eigenvalue weighted by Crippen LogP contribution is -2.08. The predicted octanol–water partition coefficient (Wildman–Crippen LogP) is 2.28. The number of aliphatic hydroxyl groups excluding tert-OH is 1. The summed E-state index contributed by atoms with van der Waals surface area (Å²) < 4.78 is 13.7. The van der Waals surface area contributed by atoms with E-state index >= 15 is 0 Å². The zero-order valence-corrected chi connectivity index (χ0v) is 9.51. The molecule has 14 heavy (non-hydrogen) atoms. The van der Waals surface area contributed by atoms with Crippen LogP contribution in [0.4, 0.5) is 4.39 Å². The zero-order valence-electron chi connectivity index (χ0n) is 7.93. The topological polar surface area (TPSA) is 46.2 Å². The summed E-state index contributed by atoms with van der Waals surface area (Å²) >= 11 is 3.23. The molecule has 3 N–H and O–H groups in total. The summed E-state index contributed by atoms with van der Waals surface area (Å²) in [5.74, 6) is -0.353. The van der Waals surface area contributed by atoms with Crippen LogP contribution >= 0.6 is 15.9 Å². The molecule has 0 radical (unpaired) electrons. The lowest BCUT2D eigenvalue weighted by molar-refractivity contribution is 0.169. The number of hydrogen-bond acceptors (Lipinski definition) is 2. The molecule has 0 aromatic heterocycles. The summed E-state index contributed by atoms with van der Waals surface area (Å²) in [6.07, 6.45) is -0.247. The van der Waals surface area contributed by atoms with Gasteiger partial charge in [-0.2, -0.15) is 0 Å². The lowest BCUT2D eigenvalue weighted by Gasteiger charge is -2.14. The number of hydrogen-bond donors (Lipinski definition) is 2. The van der Waals surface area contributed by atoms with E-state index in [-0.39, 0.29) is 5.82 Å². The molecule has 0 spiro atoms. The molecule has 0 aliphatic heterocycles. The minimum Gasteiger partial charge on any atom is -0.388 e. The van der Waals surface area contributed by atoms with Gasteiger partial charge in [-0.1, -0.05) is 15.9 Å². The largest absolute Gasteiger partial charge is 0.388 e. The van der Waals surface area contributed by atoms with Gasteiger partial charge in [0.25, 0.3) is 0 Å². The first-order valence-corrected chi connectivity index (χ1v) is 5.19. The molecule has 1 atom stereocenters. The first-order chi connectivity index (χ1) is 6.56. The van der Waals surface area contributed by atoms with Gasteiger partial charge in [0.1, 0.15) is 5.82 Å². The highest BCUT2D eigenvalue weighted by Gasteiger charge is 2.12. The van der Waals surface area contributed by atoms with Crippen LogP contribution in [0.1, 0.15) is 23.7 Å².